The Labute approximate surface area is 129 Å². The molecule has 22 heavy (non-hydrogen) atoms. The third-order valence-corrected chi connectivity index (χ3v) is 3.98. The van der Waals surface area contributed by atoms with E-state index in [2.05, 4.69) is 4.90 Å². The molecule has 0 saturated heterocycles. The van der Waals surface area contributed by atoms with Crippen LogP contribution in [0.2, 0.25) is 0 Å². The largest absolute Gasteiger partial charge is 0.512 e. The molecule has 4 rings (SSSR count). The highest BCUT2D eigenvalue weighted by Gasteiger charge is 2.30. The molecule has 0 saturated carbocycles. The van der Waals surface area contributed by atoms with Gasteiger partial charge in [0.2, 0.25) is 0 Å². The fourth-order valence-corrected chi connectivity index (χ4v) is 2.97. The molecule has 0 aromatic heterocycles. The lowest BCUT2D eigenvalue weighted by atomic mass is 10.1. The second-order valence-corrected chi connectivity index (χ2v) is 5.46. The third kappa shape index (κ3) is 2.22. The van der Waals surface area contributed by atoms with E-state index in [1.165, 1.54) is 0 Å². The molecule has 112 valence electrons. The van der Waals surface area contributed by atoms with E-state index in [9.17, 15) is 5.11 Å². The maximum absolute atomic E-state index is 10.0. The number of fused-ring (bicyclic) bond motifs is 2. The van der Waals surface area contributed by atoms with Gasteiger partial charge in [0.15, 0.2) is 11.5 Å². The first-order chi connectivity index (χ1) is 10.8. The Kier molecular flexibility index (Phi) is 3.24. The first-order valence-electron chi connectivity index (χ1n) is 7.45. The van der Waals surface area contributed by atoms with E-state index in [0.29, 0.717) is 25.4 Å². The van der Waals surface area contributed by atoms with Crippen LogP contribution in [-0.2, 0) is 4.74 Å². The van der Waals surface area contributed by atoms with Gasteiger partial charge in [-0.15, -0.1) is 0 Å². The summed E-state index contributed by atoms with van der Waals surface area (Å²) in [5.41, 5.74) is 1.97. The summed E-state index contributed by atoms with van der Waals surface area (Å²) in [6.45, 7) is 1.08. The van der Waals surface area contributed by atoms with Crippen LogP contribution in [0.3, 0.4) is 0 Å². The Morgan fingerprint density at radius 1 is 0.955 bits per heavy atom. The number of rotatable bonds is 1. The quantitative estimate of drug-likeness (QED) is 0.857. The molecule has 4 heteroatoms. The topological polar surface area (TPSA) is 41.9 Å². The molecule has 0 bridgehead atoms. The molecule has 0 aliphatic carbocycles. The highest BCUT2D eigenvalue weighted by atomic mass is 16.5. The first-order valence-corrected chi connectivity index (χ1v) is 7.45. The van der Waals surface area contributed by atoms with E-state index in [1.807, 2.05) is 54.6 Å². The van der Waals surface area contributed by atoms with Gasteiger partial charge in [0.1, 0.15) is 0 Å². The lowest BCUT2D eigenvalue weighted by Gasteiger charge is -2.36. The van der Waals surface area contributed by atoms with Gasteiger partial charge in [0.05, 0.1) is 36.4 Å². The van der Waals surface area contributed by atoms with Gasteiger partial charge in [-0.05, 0) is 30.3 Å². The van der Waals surface area contributed by atoms with Gasteiger partial charge in [0.25, 0.3) is 0 Å². The van der Waals surface area contributed by atoms with E-state index in [4.69, 9.17) is 9.47 Å². The van der Waals surface area contributed by atoms with Crippen LogP contribution in [0.5, 0.6) is 11.5 Å². The van der Waals surface area contributed by atoms with Crippen LogP contribution in [0.4, 0.5) is 11.4 Å². The number of hydrogen-bond acceptors (Lipinski definition) is 4. The first kappa shape index (κ1) is 13.2. The van der Waals surface area contributed by atoms with Crippen LogP contribution in [0.15, 0.2) is 60.4 Å². The number of ether oxygens (including phenoxy) is 2. The van der Waals surface area contributed by atoms with E-state index in [1.54, 1.807) is 0 Å². The van der Waals surface area contributed by atoms with Gasteiger partial charge < -0.3 is 19.5 Å². The molecule has 0 unspecified atom stereocenters. The standard InChI is InChI=1S/C18H17NO3/c20-14-9-10-21-12-13(11-14)19-15-5-1-3-7-17(15)22-18-8-4-2-6-16(18)19/h1-8,11,13,20H,9-10,12H2/t13-/m1/s1. The molecule has 0 radical (unpaired) electrons. The molecule has 0 spiro atoms. The number of aliphatic hydroxyl groups excluding tert-OH is 1. The molecule has 0 fully saturated rings. The molecular weight excluding hydrogens is 278 g/mol. The number of anilines is 2. The third-order valence-electron chi connectivity index (χ3n) is 3.98. The molecule has 2 aliphatic rings. The number of hydrogen-bond donors (Lipinski definition) is 1. The molecule has 2 aromatic carbocycles. The number of para-hydroxylation sites is 4. The maximum Gasteiger partial charge on any atom is 0.151 e. The van der Waals surface area contributed by atoms with Crippen LogP contribution in [-0.4, -0.2) is 24.4 Å². The van der Waals surface area contributed by atoms with Crippen molar-refractivity contribution in [2.75, 3.05) is 18.1 Å². The van der Waals surface area contributed by atoms with Crippen LogP contribution in [0.1, 0.15) is 6.42 Å². The fourth-order valence-electron chi connectivity index (χ4n) is 2.97. The Hall–Kier alpha value is -2.46. The van der Waals surface area contributed by atoms with Crippen molar-refractivity contribution in [1.29, 1.82) is 0 Å². The summed E-state index contributed by atoms with van der Waals surface area (Å²) < 4.78 is 11.7. The van der Waals surface area contributed by atoms with Crippen molar-refractivity contribution in [3.05, 3.63) is 60.4 Å². The minimum Gasteiger partial charge on any atom is -0.512 e. The highest BCUT2D eigenvalue weighted by molar-refractivity contribution is 5.78. The molecule has 4 nitrogen and oxygen atoms in total. The summed E-state index contributed by atoms with van der Waals surface area (Å²) in [4.78, 5) is 2.18. The average Bonchev–Trinajstić information content (AvgIpc) is 2.77. The van der Waals surface area contributed by atoms with Crippen LogP contribution in [0, 0.1) is 0 Å². The predicted molar refractivity (Wildman–Crippen MR) is 85.0 cm³/mol. The summed E-state index contributed by atoms with van der Waals surface area (Å²) in [7, 11) is 0. The monoisotopic (exact) mass is 295 g/mol. The number of benzene rings is 2. The Bertz CT molecular complexity index is 680. The van der Waals surface area contributed by atoms with Crippen molar-refractivity contribution in [2.24, 2.45) is 0 Å². The van der Waals surface area contributed by atoms with Crippen molar-refractivity contribution in [2.45, 2.75) is 12.5 Å². The Balaban J connectivity index is 1.85. The van der Waals surface area contributed by atoms with Gasteiger partial charge in [-0.3, -0.25) is 0 Å². The SMILES string of the molecule is OC1=C[C@@H](N2c3ccccc3Oc3ccccc32)COCC1. The van der Waals surface area contributed by atoms with Gasteiger partial charge >= 0.3 is 0 Å². The van der Waals surface area contributed by atoms with Gasteiger partial charge in [-0.25, -0.2) is 0 Å². The normalized spacial score (nSPS) is 20.3. The van der Waals surface area contributed by atoms with Gasteiger partial charge in [-0.2, -0.15) is 0 Å². The molecule has 2 heterocycles. The Morgan fingerprint density at radius 3 is 2.27 bits per heavy atom. The van der Waals surface area contributed by atoms with Crippen molar-refractivity contribution in [3.8, 4) is 11.5 Å². The maximum atomic E-state index is 10.0. The lowest BCUT2D eigenvalue weighted by molar-refractivity contribution is 0.133. The zero-order valence-electron chi connectivity index (χ0n) is 12.1. The minimum atomic E-state index is -0.0614. The number of nitrogens with zero attached hydrogens (tertiary/aromatic N) is 1. The van der Waals surface area contributed by atoms with E-state index in [-0.39, 0.29) is 6.04 Å². The summed E-state index contributed by atoms with van der Waals surface area (Å²) >= 11 is 0. The minimum absolute atomic E-state index is 0.0614. The van der Waals surface area contributed by atoms with E-state index < -0.39 is 0 Å². The van der Waals surface area contributed by atoms with Crippen LogP contribution >= 0.6 is 0 Å². The molecule has 2 aromatic rings. The summed E-state index contributed by atoms with van der Waals surface area (Å²) in [5, 5.41) is 10.0. The zero-order valence-corrected chi connectivity index (χ0v) is 12.1. The van der Waals surface area contributed by atoms with Crippen molar-refractivity contribution in [1.82, 2.24) is 0 Å². The van der Waals surface area contributed by atoms with E-state index >= 15 is 0 Å². The van der Waals surface area contributed by atoms with Crippen molar-refractivity contribution >= 4 is 11.4 Å². The van der Waals surface area contributed by atoms with Gasteiger partial charge in [0, 0.05) is 6.42 Å². The fraction of sp³-hybridized carbons (Fsp3) is 0.222. The van der Waals surface area contributed by atoms with Gasteiger partial charge in [-0.1, -0.05) is 24.3 Å². The summed E-state index contributed by atoms with van der Waals surface area (Å²) in [6, 6.07) is 15.8. The summed E-state index contributed by atoms with van der Waals surface area (Å²) in [6.07, 6.45) is 2.44. The Morgan fingerprint density at radius 2 is 1.59 bits per heavy atom. The predicted octanol–water partition coefficient (Wildman–Crippen LogP) is 4.16. The molecule has 0 amide bonds. The lowest BCUT2D eigenvalue weighted by Crippen LogP contribution is -2.35. The van der Waals surface area contributed by atoms with Crippen LogP contribution < -0.4 is 9.64 Å². The number of aliphatic hydroxyl groups is 1. The highest BCUT2D eigenvalue weighted by Crippen LogP contribution is 2.47. The molecule has 1 N–H and O–H groups in total. The average molecular weight is 295 g/mol. The smallest absolute Gasteiger partial charge is 0.151 e. The molecular formula is C18H17NO3. The molecule has 2 aliphatic heterocycles. The zero-order chi connectivity index (χ0) is 14.9. The second kappa shape index (κ2) is 5.39. The van der Waals surface area contributed by atoms with Crippen LogP contribution in [0.25, 0.3) is 0 Å². The second-order valence-electron chi connectivity index (χ2n) is 5.46. The van der Waals surface area contributed by atoms with E-state index in [0.717, 1.165) is 22.9 Å². The summed E-state index contributed by atoms with van der Waals surface area (Å²) in [5.74, 6) is 2.01. The van der Waals surface area contributed by atoms with Crippen molar-refractivity contribution < 1.29 is 14.6 Å². The van der Waals surface area contributed by atoms with Crippen molar-refractivity contribution in [3.63, 3.8) is 0 Å². The molecule has 1 atom stereocenters.